The fourth-order valence-corrected chi connectivity index (χ4v) is 2.01. The van der Waals surface area contributed by atoms with Gasteiger partial charge in [0.2, 0.25) is 0 Å². The first kappa shape index (κ1) is 13.8. The highest BCUT2D eigenvalue weighted by Crippen LogP contribution is 2.07. The van der Waals surface area contributed by atoms with E-state index in [1.165, 1.54) is 0 Å². The molecular formula is C15H22N4. The summed E-state index contributed by atoms with van der Waals surface area (Å²) in [5, 5.41) is 8.01. The molecule has 4 nitrogen and oxygen atoms in total. The van der Waals surface area contributed by atoms with Gasteiger partial charge in [-0.25, -0.2) is 4.68 Å². The van der Waals surface area contributed by atoms with E-state index >= 15 is 0 Å². The molecule has 19 heavy (non-hydrogen) atoms. The topological polar surface area (TPSA) is 55.9 Å². The summed E-state index contributed by atoms with van der Waals surface area (Å²) in [6.07, 6.45) is 1.99. The Morgan fingerprint density at radius 2 is 1.95 bits per heavy atom. The van der Waals surface area contributed by atoms with Crippen molar-refractivity contribution in [2.75, 3.05) is 6.54 Å². The van der Waals surface area contributed by atoms with Gasteiger partial charge in [-0.1, -0.05) is 32.0 Å². The van der Waals surface area contributed by atoms with Gasteiger partial charge in [0.05, 0.1) is 11.4 Å². The van der Waals surface area contributed by atoms with Crippen LogP contribution in [-0.2, 0) is 6.54 Å². The van der Waals surface area contributed by atoms with E-state index in [2.05, 4.69) is 24.3 Å². The Morgan fingerprint density at radius 1 is 1.21 bits per heavy atom. The average molecular weight is 258 g/mol. The molecule has 1 atom stereocenters. The number of para-hydroxylation sites is 1. The second-order valence-electron chi connectivity index (χ2n) is 5.05. The molecule has 0 fully saturated rings. The SMILES string of the molecule is CC(C)C(CN)NCc1ccn(-c2ccccc2)n1. The Hall–Kier alpha value is -1.65. The predicted octanol–water partition coefficient (Wildman–Crippen LogP) is 1.95. The van der Waals surface area contributed by atoms with E-state index in [1.807, 2.05) is 47.3 Å². The molecule has 1 unspecified atom stereocenters. The summed E-state index contributed by atoms with van der Waals surface area (Å²) in [5.41, 5.74) is 7.85. The highest BCUT2D eigenvalue weighted by Gasteiger charge is 2.11. The van der Waals surface area contributed by atoms with Crippen molar-refractivity contribution in [3.63, 3.8) is 0 Å². The average Bonchev–Trinajstić information content (AvgIpc) is 2.89. The molecule has 0 aliphatic rings. The van der Waals surface area contributed by atoms with Crippen LogP contribution >= 0.6 is 0 Å². The number of aromatic nitrogens is 2. The molecule has 0 saturated heterocycles. The lowest BCUT2D eigenvalue weighted by Crippen LogP contribution is -2.39. The number of nitrogens with two attached hydrogens (primary N) is 1. The molecule has 1 heterocycles. The minimum atomic E-state index is 0.335. The molecular weight excluding hydrogens is 236 g/mol. The van der Waals surface area contributed by atoms with Crippen LogP contribution in [0.5, 0.6) is 0 Å². The van der Waals surface area contributed by atoms with Crippen LogP contribution in [0.3, 0.4) is 0 Å². The minimum absolute atomic E-state index is 0.335. The standard InChI is InChI=1S/C15H22N4/c1-12(2)15(10-16)17-11-13-8-9-19(18-13)14-6-4-3-5-7-14/h3-9,12,15,17H,10-11,16H2,1-2H3. The Balaban J connectivity index is 1.98. The van der Waals surface area contributed by atoms with Crippen molar-refractivity contribution in [2.45, 2.75) is 26.4 Å². The molecule has 3 N–H and O–H groups in total. The van der Waals surface area contributed by atoms with E-state index in [4.69, 9.17) is 5.73 Å². The number of hydrogen-bond acceptors (Lipinski definition) is 3. The van der Waals surface area contributed by atoms with Gasteiger partial charge in [0.25, 0.3) is 0 Å². The van der Waals surface area contributed by atoms with Crippen molar-refractivity contribution in [1.29, 1.82) is 0 Å². The molecule has 1 aromatic heterocycles. The van der Waals surface area contributed by atoms with Gasteiger partial charge in [0, 0.05) is 25.3 Å². The summed E-state index contributed by atoms with van der Waals surface area (Å²) >= 11 is 0. The summed E-state index contributed by atoms with van der Waals surface area (Å²) in [6.45, 7) is 5.75. The number of nitrogens with zero attached hydrogens (tertiary/aromatic N) is 2. The Labute approximate surface area is 114 Å². The van der Waals surface area contributed by atoms with Gasteiger partial charge in [0.15, 0.2) is 0 Å². The fourth-order valence-electron chi connectivity index (χ4n) is 2.01. The van der Waals surface area contributed by atoms with Crippen LogP contribution in [0.4, 0.5) is 0 Å². The Kier molecular flexibility index (Phi) is 4.71. The van der Waals surface area contributed by atoms with Crippen LogP contribution in [0.2, 0.25) is 0 Å². The first-order valence-corrected chi connectivity index (χ1v) is 6.74. The summed E-state index contributed by atoms with van der Waals surface area (Å²) in [7, 11) is 0. The number of benzene rings is 1. The van der Waals surface area contributed by atoms with Gasteiger partial charge in [0.1, 0.15) is 0 Å². The van der Waals surface area contributed by atoms with Crippen LogP contribution in [0, 0.1) is 5.92 Å². The van der Waals surface area contributed by atoms with E-state index in [0.717, 1.165) is 17.9 Å². The fraction of sp³-hybridized carbons (Fsp3) is 0.400. The lowest BCUT2D eigenvalue weighted by atomic mass is 10.0. The molecule has 0 radical (unpaired) electrons. The summed E-state index contributed by atoms with van der Waals surface area (Å²) in [4.78, 5) is 0. The molecule has 0 aliphatic heterocycles. The number of hydrogen-bond donors (Lipinski definition) is 2. The molecule has 1 aromatic carbocycles. The number of rotatable bonds is 6. The molecule has 2 aromatic rings. The van der Waals surface area contributed by atoms with Gasteiger partial charge in [-0.05, 0) is 24.1 Å². The van der Waals surface area contributed by atoms with E-state index in [1.54, 1.807) is 0 Å². The third-order valence-corrected chi connectivity index (χ3v) is 3.27. The molecule has 2 rings (SSSR count). The third kappa shape index (κ3) is 3.66. The predicted molar refractivity (Wildman–Crippen MR) is 78.1 cm³/mol. The van der Waals surface area contributed by atoms with Crippen molar-refractivity contribution in [3.8, 4) is 5.69 Å². The first-order chi connectivity index (χ1) is 9.20. The molecule has 102 valence electrons. The number of nitrogens with one attached hydrogen (secondary N) is 1. The molecule has 4 heteroatoms. The van der Waals surface area contributed by atoms with E-state index in [-0.39, 0.29) is 0 Å². The van der Waals surface area contributed by atoms with Gasteiger partial charge in [-0.15, -0.1) is 0 Å². The molecule has 0 spiro atoms. The maximum atomic E-state index is 5.75. The smallest absolute Gasteiger partial charge is 0.0766 e. The van der Waals surface area contributed by atoms with Crippen molar-refractivity contribution in [3.05, 3.63) is 48.3 Å². The van der Waals surface area contributed by atoms with E-state index in [9.17, 15) is 0 Å². The van der Waals surface area contributed by atoms with E-state index < -0.39 is 0 Å². The summed E-state index contributed by atoms with van der Waals surface area (Å²) in [5.74, 6) is 0.529. The molecule has 0 amide bonds. The second kappa shape index (κ2) is 6.50. The monoisotopic (exact) mass is 258 g/mol. The van der Waals surface area contributed by atoms with Gasteiger partial charge >= 0.3 is 0 Å². The quantitative estimate of drug-likeness (QED) is 0.832. The van der Waals surface area contributed by atoms with Gasteiger partial charge < -0.3 is 11.1 Å². The molecule has 0 aliphatic carbocycles. The zero-order chi connectivity index (χ0) is 13.7. The van der Waals surface area contributed by atoms with Crippen molar-refractivity contribution in [2.24, 2.45) is 11.7 Å². The van der Waals surface area contributed by atoms with Crippen molar-refractivity contribution >= 4 is 0 Å². The normalized spacial score (nSPS) is 12.8. The first-order valence-electron chi connectivity index (χ1n) is 6.74. The van der Waals surface area contributed by atoms with Crippen molar-refractivity contribution < 1.29 is 0 Å². The Morgan fingerprint density at radius 3 is 2.58 bits per heavy atom. The minimum Gasteiger partial charge on any atom is -0.329 e. The lowest BCUT2D eigenvalue weighted by Gasteiger charge is -2.19. The zero-order valence-electron chi connectivity index (χ0n) is 11.6. The zero-order valence-corrected chi connectivity index (χ0v) is 11.6. The maximum absolute atomic E-state index is 5.75. The summed E-state index contributed by atoms with van der Waals surface area (Å²) < 4.78 is 1.89. The maximum Gasteiger partial charge on any atom is 0.0766 e. The largest absolute Gasteiger partial charge is 0.329 e. The van der Waals surface area contributed by atoms with Crippen LogP contribution in [0.25, 0.3) is 5.69 Å². The third-order valence-electron chi connectivity index (χ3n) is 3.27. The highest BCUT2D eigenvalue weighted by atomic mass is 15.3. The van der Waals surface area contributed by atoms with Crippen molar-refractivity contribution in [1.82, 2.24) is 15.1 Å². The Bertz CT molecular complexity index is 490. The van der Waals surface area contributed by atoms with Gasteiger partial charge in [-0.3, -0.25) is 0 Å². The molecule has 0 bridgehead atoms. The second-order valence-corrected chi connectivity index (χ2v) is 5.05. The summed E-state index contributed by atoms with van der Waals surface area (Å²) in [6, 6.07) is 12.5. The molecule has 0 saturated carbocycles. The van der Waals surface area contributed by atoms with Crippen LogP contribution in [-0.4, -0.2) is 22.4 Å². The lowest BCUT2D eigenvalue weighted by molar-refractivity contribution is 0.402. The van der Waals surface area contributed by atoms with Crippen LogP contribution in [0.15, 0.2) is 42.6 Å². The van der Waals surface area contributed by atoms with Crippen LogP contribution in [0.1, 0.15) is 19.5 Å². The van der Waals surface area contributed by atoms with E-state index in [0.29, 0.717) is 18.5 Å². The highest BCUT2D eigenvalue weighted by molar-refractivity contribution is 5.30. The van der Waals surface area contributed by atoms with Gasteiger partial charge in [-0.2, -0.15) is 5.10 Å². The van der Waals surface area contributed by atoms with Crippen LogP contribution < -0.4 is 11.1 Å².